The molecule has 0 fully saturated rings. The standard InChI is InChI=1S/C17H13BrFN3OS/c1-10-2-4-11(5-3-10)8-15-21-22-17(24-15)20-16(23)12-6-7-13(18)14(19)9-12/h2-7,9H,8H2,1H3,(H,20,22,23). The van der Waals surface area contributed by atoms with Gasteiger partial charge in [0, 0.05) is 12.0 Å². The molecule has 0 unspecified atom stereocenters. The number of hydrogen-bond acceptors (Lipinski definition) is 4. The second-order valence-corrected chi connectivity index (χ2v) is 7.16. The van der Waals surface area contributed by atoms with Crippen LogP contribution < -0.4 is 5.32 Å². The molecule has 7 heteroatoms. The number of benzene rings is 2. The van der Waals surface area contributed by atoms with E-state index in [2.05, 4.69) is 31.4 Å². The number of halogens is 2. The maximum absolute atomic E-state index is 13.5. The molecule has 3 aromatic rings. The van der Waals surface area contributed by atoms with E-state index in [4.69, 9.17) is 0 Å². The summed E-state index contributed by atoms with van der Waals surface area (Å²) in [6.07, 6.45) is 0.654. The maximum Gasteiger partial charge on any atom is 0.257 e. The van der Waals surface area contributed by atoms with E-state index in [9.17, 15) is 9.18 Å². The number of nitrogens with one attached hydrogen (secondary N) is 1. The fraction of sp³-hybridized carbons (Fsp3) is 0.118. The van der Waals surface area contributed by atoms with Crippen molar-refractivity contribution in [3.63, 3.8) is 0 Å². The number of anilines is 1. The number of amides is 1. The first-order valence-corrected chi connectivity index (χ1v) is 8.76. The van der Waals surface area contributed by atoms with Crippen molar-refractivity contribution in [2.45, 2.75) is 13.3 Å². The number of nitrogens with zero attached hydrogens (tertiary/aromatic N) is 2. The summed E-state index contributed by atoms with van der Waals surface area (Å²) < 4.78 is 13.8. The molecule has 3 rings (SSSR count). The van der Waals surface area contributed by atoms with Gasteiger partial charge in [-0.3, -0.25) is 10.1 Å². The quantitative estimate of drug-likeness (QED) is 0.690. The van der Waals surface area contributed by atoms with Crippen LogP contribution in [0, 0.1) is 12.7 Å². The van der Waals surface area contributed by atoms with Gasteiger partial charge >= 0.3 is 0 Å². The van der Waals surface area contributed by atoms with Gasteiger partial charge in [-0.1, -0.05) is 41.2 Å². The second kappa shape index (κ2) is 7.19. The Morgan fingerprint density at radius 1 is 1.21 bits per heavy atom. The molecule has 0 aliphatic rings. The topological polar surface area (TPSA) is 54.9 Å². The third-order valence-electron chi connectivity index (χ3n) is 3.35. The summed E-state index contributed by atoms with van der Waals surface area (Å²) in [5.41, 5.74) is 2.56. The van der Waals surface area contributed by atoms with Crippen LogP contribution in [0.1, 0.15) is 26.5 Å². The van der Waals surface area contributed by atoms with E-state index >= 15 is 0 Å². The van der Waals surface area contributed by atoms with E-state index in [0.29, 0.717) is 16.0 Å². The Kier molecular flexibility index (Phi) is 5.01. The molecule has 0 aliphatic carbocycles. The van der Waals surface area contributed by atoms with Crippen LogP contribution in [-0.4, -0.2) is 16.1 Å². The minimum atomic E-state index is -0.486. The number of carbonyl (C=O) groups is 1. The van der Waals surface area contributed by atoms with E-state index in [1.807, 2.05) is 31.2 Å². The van der Waals surface area contributed by atoms with Crippen LogP contribution in [0.15, 0.2) is 46.9 Å². The third-order valence-corrected chi connectivity index (χ3v) is 4.83. The number of hydrogen-bond donors (Lipinski definition) is 1. The Morgan fingerprint density at radius 3 is 2.67 bits per heavy atom. The first-order chi connectivity index (χ1) is 11.5. The Balaban J connectivity index is 1.68. The zero-order valence-corrected chi connectivity index (χ0v) is 15.1. The van der Waals surface area contributed by atoms with Crippen molar-refractivity contribution < 1.29 is 9.18 Å². The normalized spacial score (nSPS) is 10.6. The molecule has 24 heavy (non-hydrogen) atoms. The Hall–Kier alpha value is -2.12. The van der Waals surface area contributed by atoms with Gasteiger partial charge in [-0.25, -0.2) is 4.39 Å². The zero-order chi connectivity index (χ0) is 17.1. The van der Waals surface area contributed by atoms with Gasteiger partial charge in [0.05, 0.1) is 4.47 Å². The smallest absolute Gasteiger partial charge is 0.257 e. The number of carbonyl (C=O) groups excluding carboxylic acids is 1. The molecule has 4 nitrogen and oxygen atoms in total. The van der Waals surface area contributed by atoms with Gasteiger partial charge in [0.1, 0.15) is 10.8 Å². The predicted octanol–water partition coefficient (Wildman–Crippen LogP) is 4.59. The fourth-order valence-corrected chi connectivity index (χ4v) is 3.08. The average Bonchev–Trinajstić information content (AvgIpc) is 2.99. The molecule has 1 N–H and O–H groups in total. The molecular weight excluding hydrogens is 393 g/mol. The largest absolute Gasteiger partial charge is 0.296 e. The molecule has 1 aromatic heterocycles. The van der Waals surface area contributed by atoms with Crippen LogP contribution in [0.3, 0.4) is 0 Å². The molecule has 0 radical (unpaired) electrons. The SMILES string of the molecule is Cc1ccc(Cc2nnc(NC(=O)c3ccc(Br)c(F)c3)s2)cc1. The number of rotatable bonds is 4. The monoisotopic (exact) mass is 405 g/mol. The fourth-order valence-electron chi connectivity index (χ4n) is 2.06. The Labute approximate surface area is 150 Å². The summed E-state index contributed by atoms with van der Waals surface area (Å²) >= 11 is 4.36. The molecule has 2 aromatic carbocycles. The van der Waals surface area contributed by atoms with Gasteiger partial charge in [-0.2, -0.15) is 0 Å². The molecular formula is C17H13BrFN3OS. The lowest BCUT2D eigenvalue weighted by Gasteiger charge is -2.02. The van der Waals surface area contributed by atoms with E-state index in [-0.39, 0.29) is 5.56 Å². The van der Waals surface area contributed by atoms with Crippen molar-refractivity contribution in [1.82, 2.24) is 10.2 Å². The van der Waals surface area contributed by atoms with Crippen LogP contribution in [0.4, 0.5) is 9.52 Å². The molecule has 122 valence electrons. The molecule has 1 amide bonds. The van der Waals surface area contributed by atoms with E-state index < -0.39 is 11.7 Å². The summed E-state index contributed by atoms with van der Waals surface area (Å²) in [4.78, 5) is 12.1. The van der Waals surface area contributed by atoms with Crippen LogP contribution >= 0.6 is 27.3 Å². The lowest BCUT2D eigenvalue weighted by Crippen LogP contribution is -2.11. The Bertz CT molecular complexity index is 880. The lowest BCUT2D eigenvalue weighted by molar-refractivity contribution is 0.102. The highest BCUT2D eigenvalue weighted by molar-refractivity contribution is 9.10. The minimum Gasteiger partial charge on any atom is -0.296 e. The van der Waals surface area contributed by atoms with Crippen molar-refractivity contribution in [1.29, 1.82) is 0 Å². The maximum atomic E-state index is 13.5. The van der Waals surface area contributed by atoms with Gasteiger partial charge in [-0.15, -0.1) is 10.2 Å². The van der Waals surface area contributed by atoms with E-state index in [1.165, 1.54) is 35.1 Å². The van der Waals surface area contributed by atoms with Crippen molar-refractivity contribution in [3.8, 4) is 0 Å². The first kappa shape index (κ1) is 16.7. The average molecular weight is 406 g/mol. The summed E-state index contributed by atoms with van der Waals surface area (Å²) in [7, 11) is 0. The summed E-state index contributed by atoms with van der Waals surface area (Å²) in [5, 5.41) is 11.9. The zero-order valence-electron chi connectivity index (χ0n) is 12.7. The minimum absolute atomic E-state index is 0.228. The van der Waals surface area contributed by atoms with Crippen LogP contribution in [0.5, 0.6) is 0 Å². The third kappa shape index (κ3) is 4.04. The highest BCUT2D eigenvalue weighted by atomic mass is 79.9. The molecule has 0 spiro atoms. The lowest BCUT2D eigenvalue weighted by atomic mass is 10.1. The van der Waals surface area contributed by atoms with Gasteiger partial charge in [0.15, 0.2) is 0 Å². The molecule has 0 bridgehead atoms. The molecule has 0 saturated carbocycles. The molecule has 0 aliphatic heterocycles. The van der Waals surface area contributed by atoms with Crippen molar-refractivity contribution in [3.05, 3.63) is 74.5 Å². The number of aromatic nitrogens is 2. The highest BCUT2D eigenvalue weighted by Crippen LogP contribution is 2.21. The van der Waals surface area contributed by atoms with Crippen LogP contribution in [-0.2, 0) is 6.42 Å². The van der Waals surface area contributed by atoms with Crippen LogP contribution in [0.25, 0.3) is 0 Å². The van der Waals surface area contributed by atoms with Gasteiger partial charge in [-0.05, 0) is 46.6 Å². The summed E-state index contributed by atoms with van der Waals surface area (Å²) in [5.74, 6) is -0.903. The van der Waals surface area contributed by atoms with Crippen molar-refractivity contribution >= 4 is 38.3 Å². The molecule has 0 saturated heterocycles. The van der Waals surface area contributed by atoms with Gasteiger partial charge in [0.2, 0.25) is 5.13 Å². The van der Waals surface area contributed by atoms with Gasteiger partial charge < -0.3 is 0 Å². The van der Waals surface area contributed by atoms with E-state index in [1.54, 1.807) is 0 Å². The first-order valence-electron chi connectivity index (χ1n) is 7.15. The highest BCUT2D eigenvalue weighted by Gasteiger charge is 2.12. The summed E-state index contributed by atoms with van der Waals surface area (Å²) in [6.45, 7) is 2.04. The number of aryl methyl sites for hydroxylation is 1. The van der Waals surface area contributed by atoms with Crippen LogP contribution in [0.2, 0.25) is 0 Å². The molecule has 0 atom stereocenters. The second-order valence-electron chi connectivity index (χ2n) is 5.25. The van der Waals surface area contributed by atoms with E-state index in [0.717, 1.165) is 10.6 Å². The van der Waals surface area contributed by atoms with Crippen molar-refractivity contribution in [2.24, 2.45) is 0 Å². The van der Waals surface area contributed by atoms with Crippen molar-refractivity contribution in [2.75, 3.05) is 5.32 Å². The van der Waals surface area contributed by atoms with Gasteiger partial charge in [0.25, 0.3) is 5.91 Å². The Morgan fingerprint density at radius 2 is 1.96 bits per heavy atom. The summed E-state index contributed by atoms with van der Waals surface area (Å²) in [6, 6.07) is 12.4. The predicted molar refractivity (Wildman–Crippen MR) is 95.9 cm³/mol. The molecule has 1 heterocycles.